The van der Waals surface area contributed by atoms with E-state index in [1.54, 1.807) is 37.3 Å². The van der Waals surface area contributed by atoms with Crippen molar-refractivity contribution in [2.75, 3.05) is 17.4 Å². The second-order valence-electron chi connectivity index (χ2n) is 10.6. The number of carbonyl (C=O) groups is 2. The van der Waals surface area contributed by atoms with E-state index in [-0.39, 0.29) is 29.0 Å². The molecule has 40 heavy (non-hydrogen) atoms. The van der Waals surface area contributed by atoms with Gasteiger partial charge in [0, 0.05) is 18.1 Å². The molecule has 0 fully saturated rings. The fourth-order valence-electron chi connectivity index (χ4n) is 4.15. The van der Waals surface area contributed by atoms with Crippen molar-refractivity contribution < 1.29 is 18.0 Å². The summed E-state index contributed by atoms with van der Waals surface area (Å²) in [7, 11) is -4.15. The number of halogens is 1. The predicted octanol–water partition coefficient (Wildman–Crippen LogP) is 5.65. The summed E-state index contributed by atoms with van der Waals surface area (Å²) < 4.78 is 28.9. The number of benzene rings is 3. The highest BCUT2D eigenvalue weighted by atomic mass is 35.5. The summed E-state index contributed by atoms with van der Waals surface area (Å²) in [6, 6.07) is 18.2. The standard InChI is InChI=1S/C31H38ClN3O4S/c1-21(2)18-33-31(37)25(6)34(19-26-9-7-8-23(4)16-26)30(36)20-35(27-13-12-24(5)29(32)17-27)40(38,39)28-14-10-22(3)11-15-28/h7-17,21,25H,18-20H2,1-6H3,(H,33,37)/t25-/m1/s1. The minimum absolute atomic E-state index is 0.0514. The molecule has 3 aromatic rings. The van der Waals surface area contributed by atoms with Gasteiger partial charge in [0.15, 0.2) is 0 Å². The second kappa shape index (κ2) is 13.3. The molecule has 7 nitrogen and oxygen atoms in total. The van der Waals surface area contributed by atoms with Crippen molar-refractivity contribution in [2.45, 2.75) is 59.0 Å². The molecule has 0 radical (unpaired) electrons. The number of nitrogens with zero attached hydrogens (tertiary/aromatic N) is 2. The number of carbonyl (C=O) groups excluding carboxylic acids is 2. The molecule has 1 N–H and O–H groups in total. The molecule has 0 aliphatic carbocycles. The van der Waals surface area contributed by atoms with Crippen molar-refractivity contribution in [1.82, 2.24) is 10.2 Å². The highest BCUT2D eigenvalue weighted by molar-refractivity contribution is 7.92. The molecule has 3 rings (SSSR count). The van der Waals surface area contributed by atoms with Gasteiger partial charge in [-0.15, -0.1) is 0 Å². The molecular weight excluding hydrogens is 546 g/mol. The lowest BCUT2D eigenvalue weighted by atomic mass is 10.1. The number of aryl methyl sites for hydroxylation is 3. The zero-order chi connectivity index (χ0) is 29.6. The van der Waals surface area contributed by atoms with E-state index in [9.17, 15) is 18.0 Å². The molecule has 0 aliphatic rings. The zero-order valence-electron chi connectivity index (χ0n) is 23.9. The highest BCUT2D eigenvalue weighted by Gasteiger charge is 2.32. The average molecular weight is 584 g/mol. The number of rotatable bonds is 11. The van der Waals surface area contributed by atoms with Gasteiger partial charge < -0.3 is 10.2 Å². The van der Waals surface area contributed by atoms with Crippen molar-refractivity contribution in [3.05, 3.63) is 94.0 Å². The number of hydrogen-bond donors (Lipinski definition) is 1. The first-order valence-corrected chi connectivity index (χ1v) is 15.1. The summed E-state index contributed by atoms with van der Waals surface area (Å²) >= 11 is 6.38. The molecule has 1 atom stereocenters. The Morgan fingerprint density at radius 1 is 0.900 bits per heavy atom. The van der Waals surface area contributed by atoms with Crippen LogP contribution in [0.15, 0.2) is 71.6 Å². The van der Waals surface area contributed by atoms with Crippen LogP contribution in [-0.2, 0) is 26.2 Å². The molecule has 0 saturated heterocycles. The number of sulfonamides is 1. The third-order valence-corrected chi connectivity index (χ3v) is 8.81. The third-order valence-electron chi connectivity index (χ3n) is 6.62. The van der Waals surface area contributed by atoms with Crippen LogP contribution >= 0.6 is 11.6 Å². The lowest BCUT2D eigenvalue weighted by molar-refractivity contribution is -0.139. The smallest absolute Gasteiger partial charge is 0.264 e. The zero-order valence-corrected chi connectivity index (χ0v) is 25.5. The van der Waals surface area contributed by atoms with Crippen molar-refractivity contribution >= 4 is 39.1 Å². The fourth-order valence-corrected chi connectivity index (χ4v) is 5.73. The lowest BCUT2D eigenvalue weighted by Gasteiger charge is -2.32. The van der Waals surface area contributed by atoms with Crippen LogP contribution in [0.4, 0.5) is 5.69 Å². The van der Waals surface area contributed by atoms with Crippen LogP contribution < -0.4 is 9.62 Å². The van der Waals surface area contributed by atoms with E-state index < -0.39 is 28.5 Å². The fraction of sp³-hybridized carbons (Fsp3) is 0.355. The van der Waals surface area contributed by atoms with Crippen molar-refractivity contribution in [2.24, 2.45) is 5.92 Å². The molecule has 0 aromatic heterocycles. The van der Waals surface area contributed by atoms with E-state index in [4.69, 9.17) is 11.6 Å². The average Bonchev–Trinajstić information content (AvgIpc) is 2.90. The monoisotopic (exact) mass is 583 g/mol. The Morgan fingerprint density at radius 3 is 2.17 bits per heavy atom. The van der Waals surface area contributed by atoms with Gasteiger partial charge in [0.05, 0.1) is 10.6 Å². The van der Waals surface area contributed by atoms with Gasteiger partial charge in [-0.3, -0.25) is 13.9 Å². The molecule has 0 spiro atoms. The Balaban J connectivity index is 2.04. The van der Waals surface area contributed by atoms with Crippen LogP contribution in [0.1, 0.15) is 43.0 Å². The summed E-state index contributed by atoms with van der Waals surface area (Å²) in [6.45, 7) is 11.4. The Bertz CT molecular complexity index is 1460. The van der Waals surface area contributed by atoms with Crippen LogP contribution in [-0.4, -0.2) is 44.3 Å². The number of amides is 2. The first-order valence-electron chi connectivity index (χ1n) is 13.3. The third kappa shape index (κ3) is 7.86. The van der Waals surface area contributed by atoms with Gasteiger partial charge in [-0.05, 0) is 69.0 Å². The molecule has 3 aromatic carbocycles. The minimum atomic E-state index is -4.15. The van der Waals surface area contributed by atoms with Crippen LogP contribution in [0.2, 0.25) is 5.02 Å². The maximum atomic E-state index is 14.0. The van der Waals surface area contributed by atoms with Gasteiger partial charge in [0.2, 0.25) is 11.8 Å². The highest BCUT2D eigenvalue weighted by Crippen LogP contribution is 2.29. The summed E-state index contributed by atoms with van der Waals surface area (Å²) in [6.07, 6.45) is 0. The maximum Gasteiger partial charge on any atom is 0.264 e. The van der Waals surface area contributed by atoms with E-state index in [0.29, 0.717) is 11.6 Å². The van der Waals surface area contributed by atoms with Gasteiger partial charge in [-0.25, -0.2) is 8.42 Å². The quantitative estimate of drug-likeness (QED) is 0.316. The van der Waals surface area contributed by atoms with E-state index in [1.165, 1.54) is 17.0 Å². The van der Waals surface area contributed by atoms with Crippen molar-refractivity contribution in [3.8, 4) is 0 Å². The number of nitrogens with one attached hydrogen (secondary N) is 1. The molecule has 0 aliphatic heterocycles. The topological polar surface area (TPSA) is 86.8 Å². The first-order chi connectivity index (χ1) is 18.8. The van der Waals surface area contributed by atoms with Crippen LogP contribution in [0.25, 0.3) is 0 Å². The Hall–Kier alpha value is -3.36. The first kappa shape index (κ1) is 31.2. The lowest BCUT2D eigenvalue weighted by Crippen LogP contribution is -2.51. The summed E-state index contributed by atoms with van der Waals surface area (Å²) in [4.78, 5) is 28.6. The molecule has 0 heterocycles. The Morgan fingerprint density at radius 2 is 1.57 bits per heavy atom. The van der Waals surface area contributed by atoms with Gasteiger partial charge in [0.25, 0.3) is 10.0 Å². The summed E-state index contributed by atoms with van der Waals surface area (Å²) in [5.41, 5.74) is 3.80. The van der Waals surface area contributed by atoms with Gasteiger partial charge in [-0.2, -0.15) is 0 Å². The Kier molecular flexibility index (Phi) is 10.4. The van der Waals surface area contributed by atoms with Crippen molar-refractivity contribution in [3.63, 3.8) is 0 Å². The molecule has 2 amide bonds. The molecule has 214 valence electrons. The maximum absolute atomic E-state index is 14.0. The van der Waals surface area contributed by atoms with Crippen LogP contribution in [0.5, 0.6) is 0 Å². The minimum Gasteiger partial charge on any atom is -0.354 e. The number of hydrogen-bond acceptors (Lipinski definition) is 4. The molecular formula is C31H38ClN3O4S. The molecule has 0 bridgehead atoms. The van der Waals surface area contributed by atoms with E-state index in [1.807, 2.05) is 58.9 Å². The van der Waals surface area contributed by atoms with Crippen LogP contribution in [0.3, 0.4) is 0 Å². The largest absolute Gasteiger partial charge is 0.354 e. The number of anilines is 1. The van der Waals surface area contributed by atoms with Crippen LogP contribution in [0, 0.1) is 26.7 Å². The molecule has 0 unspecified atom stereocenters. The summed E-state index contributed by atoms with van der Waals surface area (Å²) in [5.74, 6) is -0.583. The van der Waals surface area contributed by atoms with Gasteiger partial charge >= 0.3 is 0 Å². The van der Waals surface area contributed by atoms with Gasteiger partial charge in [0.1, 0.15) is 12.6 Å². The second-order valence-corrected chi connectivity index (χ2v) is 12.9. The molecule has 0 saturated carbocycles. The van der Waals surface area contributed by atoms with Gasteiger partial charge in [-0.1, -0.05) is 79.0 Å². The normalized spacial score (nSPS) is 12.2. The van der Waals surface area contributed by atoms with Crippen molar-refractivity contribution in [1.29, 1.82) is 0 Å². The van der Waals surface area contributed by atoms with E-state index in [0.717, 1.165) is 26.6 Å². The summed E-state index contributed by atoms with van der Waals surface area (Å²) in [5, 5.41) is 3.27. The molecule has 9 heteroatoms. The predicted molar refractivity (Wildman–Crippen MR) is 161 cm³/mol. The van der Waals surface area contributed by atoms with E-state index in [2.05, 4.69) is 5.32 Å². The van der Waals surface area contributed by atoms with E-state index >= 15 is 0 Å². The SMILES string of the molecule is Cc1ccc(S(=O)(=O)N(CC(=O)N(Cc2cccc(C)c2)[C@H](C)C(=O)NCC(C)C)c2ccc(C)c(Cl)c2)cc1. The Labute approximate surface area is 243 Å².